The zero-order valence-corrected chi connectivity index (χ0v) is 19.5. The van der Waals surface area contributed by atoms with Gasteiger partial charge in [0.25, 0.3) is 5.91 Å². The van der Waals surface area contributed by atoms with Crippen LogP contribution in [0.5, 0.6) is 11.5 Å². The first-order chi connectivity index (χ1) is 17.1. The fourth-order valence-corrected chi connectivity index (χ4v) is 3.58. The van der Waals surface area contributed by atoms with Gasteiger partial charge in [0.2, 0.25) is 0 Å². The highest BCUT2D eigenvalue weighted by Crippen LogP contribution is 2.25. The van der Waals surface area contributed by atoms with Crippen LogP contribution in [-0.2, 0) is 0 Å². The fourth-order valence-electron chi connectivity index (χ4n) is 3.58. The molecule has 0 aliphatic carbocycles. The normalized spacial score (nSPS) is 10.3. The maximum Gasteiger partial charge on any atom is 0.326 e. The molecule has 0 atom stereocenters. The van der Waals surface area contributed by atoms with E-state index in [-0.39, 0.29) is 25.0 Å². The maximum absolute atomic E-state index is 13.2. The summed E-state index contributed by atoms with van der Waals surface area (Å²) in [5.74, 6) is 1.23. The van der Waals surface area contributed by atoms with Gasteiger partial charge in [0.15, 0.2) is 0 Å². The van der Waals surface area contributed by atoms with Crippen molar-refractivity contribution in [3.05, 3.63) is 120 Å². The summed E-state index contributed by atoms with van der Waals surface area (Å²) in [6.45, 7) is 2.47. The van der Waals surface area contributed by atoms with Crippen LogP contribution in [0.4, 0.5) is 16.2 Å². The first kappa shape index (κ1) is 23.6. The van der Waals surface area contributed by atoms with Crippen LogP contribution in [0.3, 0.4) is 0 Å². The number of hydrogen-bond acceptors (Lipinski definition) is 3. The predicted octanol–water partition coefficient (Wildman–Crippen LogP) is 6.26. The Morgan fingerprint density at radius 1 is 0.743 bits per heavy atom. The molecular formula is C29H27N3O3. The molecule has 4 rings (SSSR count). The van der Waals surface area contributed by atoms with Crippen molar-refractivity contribution < 1.29 is 14.3 Å². The molecule has 0 aliphatic rings. The molecule has 176 valence electrons. The van der Waals surface area contributed by atoms with E-state index in [1.807, 2.05) is 110 Å². The average Bonchev–Trinajstić information content (AvgIpc) is 2.88. The lowest BCUT2D eigenvalue weighted by Gasteiger charge is -2.24. The van der Waals surface area contributed by atoms with Gasteiger partial charge in [0, 0.05) is 30.0 Å². The zero-order valence-electron chi connectivity index (χ0n) is 19.5. The number of rotatable bonds is 8. The standard InChI is InChI=1S/C29H27N3O3/c1-22-10-8-9-15-27(22)28(33)30-20-21-32(29(34)31-23-11-4-2-5-12-23)24-16-18-26(19-17-24)35-25-13-6-3-7-14-25/h2-19H,20-21H2,1H3,(H,30,33)(H,31,34). The van der Waals surface area contributed by atoms with Gasteiger partial charge in [-0.25, -0.2) is 4.79 Å². The van der Waals surface area contributed by atoms with Crippen molar-refractivity contribution in [1.82, 2.24) is 5.32 Å². The molecular weight excluding hydrogens is 438 g/mol. The van der Waals surface area contributed by atoms with Gasteiger partial charge in [-0.1, -0.05) is 54.6 Å². The number of benzene rings is 4. The topological polar surface area (TPSA) is 70.7 Å². The van der Waals surface area contributed by atoms with Gasteiger partial charge in [0.1, 0.15) is 11.5 Å². The van der Waals surface area contributed by atoms with Crippen LogP contribution < -0.4 is 20.3 Å². The number of nitrogens with one attached hydrogen (secondary N) is 2. The number of ether oxygens (including phenoxy) is 1. The van der Waals surface area contributed by atoms with Gasteiger partial charge in [-0.05, 0) is 67.1 Å². The molecule has 0 saturated carbocycles. The van der Waals surface area contributed by atoms with Crippen molar-refractivity contribution in [3.63, 3.8) is 0 Å². The van der Waals surface area contributed by atoms with Gasteiger partial charge in [-0.2, -0.15) is 0 Å². The van der Waals surface area contributed by atoms with E-state index in [1.165, 1.54) is 0 Å². The number of amides is 3. The van der Waals surface area contributed by atoms with Crippen molar-refractivity contribution in [3.8, 4) is 11.5 Å². The number of para-hydroxylation sites is 2. The summed E-state index contributed by atoms with van der Waals surface area (Å²) in [5.41, 5.74) is 2.90. The Hall–Kier alpha value is -4.58. The lowest BCUT2D eigenvalue weighted by Crippen LogP contribution is -2.41. The largest absolute Gasteiger partial charge is 0.457 e. The van der Waals surface area contributed by atoms with E-state index in [1.54, 1.807) is 11.0 Å². The first-order valence-electron chi connectivity index (χ1n) is 11.4. The molecule has 6 nitrogen and oxygen atoms in total. The number of carbonyl (C=O) groups excluding carboxylic acids is 2. The second kappa shape index (κ2) is 11.5. The molecule has 0 aliphatic heterocycles. The molecule has 0 fully saturated rings. The van der Waals surface area contributed by atoms with Gasteiger partial charge < -0.3 is 15.4 Å². The van der Waals surface area contributed by atoms with E-state index in [4.69, 9.17) is 4.74 Å². The van der Waals surface area contributed by atoms with Gasteiger partial charge in [0.05, 0.1) is 0 Å². The van der Waals surface area contributed by atoms with Crippen LogP contribution in [0.15, 0.2) is 109 Å². The highest BCUT2D eigenvalue weighted by Gasteiger charge is 2.17. The minimum absolute atomic E-state index is 0.168. The number of aryl methyl sites for hydroxylation is 1. The SMILES string of the molecule is Cc1ccccc1C(=O)NCCN(C(=O)Nc1ccccc1)c1ccc(Oc2ccccc2)cc1. The Balaban J connectivity index is 1.47. The third-order valence-corrected chi connectivity index (χ3v) is 5.41. The summed E-state index contributed by atoms with van der Waals surface area (Å²) in [4.78, 5) is 27.4. The molecule has 4 aromatic rings. The van der Waals surface area contributed by atoms with Gasteiger partial charge in [-0.15, -0.1) is 0 Å². The van der Waals surface area contributed by atoms with Crippen molar-refractivity contribution in [2.24, 2.45) is 0 Å². The minimum atomic E-state index is -0.293. The summed E-state index contributed by atoms with van der Waals surface area (Å²) in [5, 5.41) is 5.83. The van der Waals surface area contributed by atoms with Gasteiger partial charge >= 0.3 is 6.03 Å². The van der Waals surface area contributed by atoms with Crippen molar-refractivity contribution in [1.29, 1.82) is 0 Å². The van der Waals surface area contributed by atoms with Crippen LogP contribution in [0, 0.1) is 6.92 Å². The number of hydrogen-bond donors (Lipinski definition) is 2. The molecule has 0 heterocycles. The highest BCUT2D eigenvalue weighted by atomic mass is 16.5. The second-order valence-electron chi connectivity index (χ2n) is 7.93. The van der Waals surface area contributed by atoms with Gasteiger partial charge in [-0.3, -0.25) is 9.69 Å². The summed E-state index contributed by atoms with van der Waals surface area (Å²) in [6.07, 6.45) is 0. The third-order valence-electron chi connectivity index (χ3n) is 5.41. The van der Waals surface area contributed by atoms with E-state index in [0.717, 1.165) is 11.3 Å². The smallest absolute Gasteiger partial charge is 0.326 e. The molecule has 0 aromatic heterocycles. The molecule has 3 amide bonds. The molecule has 0 saturated heterocycles. The Morgan fingerprint density at radius 3 is 2.03 bits per heavy atom. The lowest BCUT2D eigenvalue weighted by atomic mass is 10.1. The molecule has 4 aromatic carbocycles. The molecule has 0 unspecified atom stereocenters. The maximum atomic E-state index is 13.2. The molecule has 2 N–H and O–H groups in total. The van der Waals surface area contributed by atoms with Crippen LogP contribution in [0.1, 0.15) is 15.9 Å². The molecule has 6 heteroatoms. The molecule has 0 spiro atoms. The Kier molecular flexibility index (Phi) is 7.76. The Bertz CT molecular complexity index is 1260. The Morgan fingerprint density at radius 2 is 1.34 bits per heavy atom. The summed E-state index contributed by atoms with van der Waals surface area (Å²) in [6, 6.07) is 33.2. The Labute approximate surface area is 205 Å². The van der Waals surface area contributed by atoms with Crippen LogP contribution >= 0.6 is 0 Å². The number of carbonyl (C=O) groups is 2. The second-order valence-corrected chi connectivity index (χ2v) is 7.93. The van der Waals surface area contributed by atoms with E-state index in [2.05, 4.69) is 10.6 Å². The zero-order chi connectivity index (χ0) is 24.5. The van der Waals surface area contributed by atoms with Crippen LogP contribution in [0.2, 0.25) is 0 Å². The third kappa shape index (κ3) is 6.48. The van der Waals surface area contributed by atoms with Crippen molar-refractivity contribution in [2.45, 2.75) is 6.92 Å². The average molecular weight is 466 g/mol. The van der Waals surface area contributed by atoms with Crippen LogP contribution in [-0.4, -0.2) is 25.0 Å². The van der Waals surface area contributed by atoms with Crippen molar-refractivity contribution >= 4 is 23.3 Å². The van der Waals surface area contributed by atoms with E-state index in [0.29, 0.717) is 22.7 Å². The van der Waals surface area contributed by atoms with E-state index < -0.39 is 0 Å². The highest BCUT2D eigenvalue weighted by molar-refractivity contribution is 6.02. The summed E-state index contributed by atoms with van der Waals surface area (Å²) < 4.78 is 5.87. The van der Waals surface area contributed by atoms with Crippen molar-refractivity contribution in [2.75, 3.05) is 23.3 Å². The molecule has 35 heavy (non-hydrogen) atoms. The van der Waals surface area contributed by atoms with E-state index >= 15 is 0 Å². The summed E-state index contributed by atoms with van der Waals surface area (Å²) >= 11 is 0. The summed E-state index contributed by atoms with van der Waals surface area (Å²) in [7, 11) is 0. The quantitative estimate of drug-likeness (QED) is 0.323. The lowest BCUT2D eigenvalue weighted by molar-refractivity contribution is 0.0954. The molecule has 0 bridgehead atoms. The van der Waals surface area contributed by atoms with Crippen LogP contribution in [0.25, 0.3) is 0 Å². The first-order valence-corrected chi connectivity index (χ1v) is 11.4. The number of urea groups is 1. The molecule has 0 radical (unpaired) electrons. The minimum Gasteiger partial charge on any atom is -0.457 e. The van der Waals surface area contributed by atoms with E-state index in [9.17, 15) is 9.59 Å². The number of anilines is 2. The fraction of sp³-hybridized carbons (Fsp3) is 0.103. The number of nitrogens with zero attached hydrogens (tertiary/aromatic N) is 1. The predicted molar refractivity (Wildman–Crippen MR) is 139 cm³/mol. The monoisotopic (exact) mass is 465 g/mol.